The van der Waals surface area contributed by atoms with Crippen LogP contribution < -0.4 is 0 Å². The molecule has 3 aromatic heterocycles. The Morgan fingerprint density at radius 2 is 2.05 bits per heavy atom. The van der Waals surface area contributed by atoms with Crippen molar-refractivity contribution < 1.29 is 0 Å². The summed E-state index contributed by atoms with van der Waals surface area (Å²) in [5.41, 5.74) is 1.62. The molecule has 0 saturated carbocycles. The lowest BCUT2D eigenvalue weighted by atomic mass is 10.2. The molecular weight excluding hydrogens is 264 g/mol. The summed E-state index contributed by atoms with van der Waals surface area (Å²) in [6.45, 7) is 0. The van der Waals surface area contributed by atoms with Gasteiger partial charge < -0.3 is 4.57 Å². The number of rotatable bonds is 2. The van der Waals surface area contributed by atoms with E-state index in [1.165, 1.54) is 0 Å². The fourth-order valence-corrected chi connectivity index (χ4v) is 1.98. The third kappa shape index (κ3) is 2.22. The van der Waals surface area contributed by atoms with Gasteiger partial charge in [0.25, 0.3) is 0 Å². The molecule has 0 N–H and O–H groups in total. The second-order valence-electron chi connectivity index (χ2n) is 4.16. The molecule has 0 atom stereocenters. The minimum Gasteiger partial charge on any atom is -0.331 e. The smallest absolute Gasteiger partial charge is 0.197 e. The van der Waals surface area contributed by atoms with Gasteiger partial charge in [-0.15, -0.1) is 0 Å². The lowest BCUT2D eigenvalue weighted by molar-refractivity contribution is 0.768. The predicted molar refractivity (Wildman–Crippen MR) is 71.4 cm³/mol. The van der Waals surface area contributed by atoms with Crippen molar-refractivity contribution in [1.82, 2.24) is 29.3 Å². The van der Waals surface area contributed by atoms with Crippen molar-refractivity contribution in [3.05, 3.63) is 36.0 Å². The summed E-state index contributed by atoms with van der Waals surface area (Å²) in [4.78, 5) is 12.9. The quantitative estimate of drug-likeness (QED) is 0.670. The molecule has 0 amide bonds. The fourth-order valence-electron chi connectivity index (χ4n) is 1.80. The molecule has 0 fully saturated rings. The maximum absolute atomic E-state index is 6.06. The average Bonchev–Trinajstić information content (AvgIpc) is 2.97. The summed E-state index contributed by atoms with van der Waals surface area (Å²) >= 11 is 6.06. The largest absolute Gasteiger partial charge is 0.331 e. The Morgan fingerprint density at radius 3 is 2.68 bits per heavy atom. The molecule has 0 aliphatic carbocycles. The van der Waals surface area contributed by atoms with Crippen LogP contribution >= 0.6 is 11.6 Å². The van der Waals surface area contributed by atoms with Crippen molar-refractivity contribution in [3.63, 3.8) is 0 Å². The highest BCUT2D eigenvalue weighted by Crippen LogP contribution is 2.22. The van der Waals surface area contributed by atoms with E-state index in [0.717, 1.165) is 11.3 Å². The maximum atomic E-state index is 6.06. The zero-order valence-corrected chi connectivity index (χ0v) is 11.2. The minimum atomic E-state index is 0.381. The fraction of sp³-hybridized carbons (Fsp3) is 0.167. The summed E-state index contributed by atoms with van der Waals surface area (Å²) in [6.07, 6.45) is 7.15. The van der Waals surface area contributed by atoms with E-state index in [1.807, 2.05) is 31.1 Å². The second kappa shape index (κ2) is 4.47. The van der Waals surface area contributed by atoms with Crippen LogP contribution in [0.3, 0.4) is 0 Å². The lowest BCUT2D eigenvalue weighted by Crippen LogP contribution is -1.98. The Hall–Kier alpha value is -2.21. The number of imidazole rings is 1. The third-order valence-electron chi connectivity index (χ3n) is 2.72. The van der Waals surface area contributed by atoms with Gasteiger partial charge in [-0.3, -0.25) is 4.68 Å². The van der Waals surface area contributed by atoms with Crippen molar-refractivity contribution in [3.8, 4) is 22.9 Å². The van der Waals surface area contributed by atoms with Gasteiger partial charge in [-0.25, -0.2) is 15.0 Å². The Bertz CT molecular complexity index is 729. The van der Waals surface area contributed by atoms with Gasteiger partial charge in [0.2, 0.25) is 0 Å². The normalized spacial score (nSPS) is 10.9. The van der Waals surface area contributed by atoms with Crippen LogP contribution in [0, 0.1) is 0 Å². The number of halogens is 1. The monoisotopic (exact) mass is 274 g/mol. The predicted octanol–water partition coefficient (Wildman–Crippen LogP) is 1.93. The first-order chi connectivity index (χ1) is 9.13. The summed E-state index contributed by atoms with van der Waals surface area (Å²) < 4.78 is 3.56. The molecular formula is C12H11ClN6. The van der Waals surface area contributed by atoms with Crippen molar-refractivity contribution in [2.75, 3.05) is 0 Å². The lowest BCUT2D eigenvalue weighted by Gasteiger charge is -2.03. The molecule has 0 aliphatic heterocycles. The van der Waals surface area contributed by atoms with Crippen LogP contribution in [0.5, 0.6) is 0 Å². The molecule has 7 heteroatoms. The number of hydrogen-bond donors (Lipinski definition) is 0. The van der Waals surface area contributed by atoms with Crippen LogP contribution in [0.4, 0.5) is 0 Å². The van der Waals surface area contributed by atoms with Crippen LogP contribution in [0.1, 0.15) is 0 Å². The molecule has 96 valence electrons. The van der Waals surface area contributed by atoms with Crippen LogP contribution in [-0.4, -0.2) is 29.3 Å². The standard InChI is InChI=1S/C12H11ClN6/c1-18-4-3-14-12(18)11-16-9(5-10(13)17-11)8-6-15-19(2)7-8/h3-7H,1-2H3. The highest BCUT2D eigenvalue weighted by atomic mass is 35.5. The van der Waals surface area contributed by atoms with Crippen molar-refractivity contribution in [1.29, 1.82) is 0 Å². The van der Waals surface area contributed by atoms with E-state index in [2.05, 4.69) is 20.1 Å². The molecule has 19 heavy (non-hydrogen) atoms. The number of aromatic nitrogens is 6. The van der Waals surface area contributed by atoms with Gasteiger partial charge in [-0.2, -0.15) is 5.10 Å². The van der Waals surface area contributed by atoms with Gasteiger partial charge in [0, 0.05) is 44.3 Å². The molecule has 0 aromatic carbocycles. The molecule has 0 aliphatic rings. The zero-order valence-electron chi connectivity index (χ0n) is 10.4. The van der Waals surface area contributed by atoms with Gasteiger partial charge >= 0.3 is 0 Å². The van der Waals surface area contributed by atoms with E-state index in [0.29, 0.717) is 16.8 Å². The van der Waals surface area contributed by atoms with Gasteiger partial charge in [-0.1, -0.05) is 11.6 Å². The maximum Gasteiger partial charge on any atom is 0.197 e. The van der Waals surface area contributed by atoms with Crippen LogP contribution in [-0.2, 0) is 14.1 Å². The number of nitrogens with zero attached hydrogens (tertiary/aromatic N) is 6. The van der Waals surface area contributed by atoms with E-state index < -0.39 is 0 Å². The van der Waals surface area contributed by atoms with Gasteiger partial charge in [0.1, 0.15) is 5.15 Å². The first kappa shape index (κ1) is 11.9. The molecule has 0 unspecified atom stereocenters. The summed E-state index contributed by atoms with van der Waals surface area (Å²) in [5.74, 6) is 1.17. The molecule has 3 aromatic rings. The van der Waals surface area contributed by atoms with Crippen molar-refractivity contribution in [2.24, 2.45) is 14.1 Å². The second-order valence-corrected chi connectivity index (χ2v) is 4.55. The highest BCUT2D eigenvalue weighted by molar-refractivity contribution is 6.29. The molecule has 3 heterocycles. The molecule has 3 rings (SSSR count). The van der Waals surface area contributed by atoms with Crippen LogP contribution in [0.25, 0.3) is 22.9 Å². The van der Waals surface area contributed by atoms with Crippen molar-refractivity contribution in [2.45, 2.75) is 0 Å². The first-order valence-corrected chi connectivity index (χ1v) is 6.02. The van der Waals surface area contributed by atoms with E-state index in [-0.39, 0.29) is 0 Å². The average molecular weight is 275 g/mol. The van der Waals surface area contributed by atoms with E-state index in [4.69, 9.17) is 11.6 Å². The Balaban J connectivity index is 2.13. The topological polar surface area (TPSA) is 61.4 Å². The molecule has 0 saturated heterocycles. The van der Waals surface area contributed by atoms with Crippen LogP contribution in [0.2, 0.25) is 5.15 Å². The molecule has 0 bridgehead atoms. The molecule has 6 nitrogen and oxygen atoms in total. The Labute approximate surface area is 114 Å². The zero-order chi connectivity index (χ0) is 13.4. The molecule has 0 spiro atoms. The SMILES string of the molecule is Cn1cc(-c2cc(Cl)nc(-c3nccn3C)n2)cn1. The Morgan fingerprint density at radius 1 is 1.21 bits per heavy atom. The van der Waals surface area contributed by atoms with E-state index >= 15 is 0 Å². The first-order valence-electron chi connectivity index (χ1n) is 5.65. The van der Waals surface area contributed by atoms with Gasteiger partial charge in [0.15, 0.2) is 11.6 Å². The number of hydrogen-bond acceptors (Lipinski definition) is 4. The third-order valence-corrected chi connectivity index (χ3v) is 2.91. The van der Waals surface area contributed by atoms with Gasteiger partial charge in [0.05, 0.1) is 11.9 Å². The van der Waals surface area contributed by atoms with Crippen molar-refractivity contribution >= 4 is 11.6 Å². The van der Waals surface area contributed by atoms with Gasteiger partial charge in [-0.05, 0) is 0 Å². The minimum absolute atomic E-state index is 0.381. The Kier molecular flexibility index (Phi) is 2.79. The molecule has 0 radical (unpaired) electrons. The summed E-state index contributed by atoms with van der Waals surface area (Å²) in [7, 11) is 3.74. The van der Waals surface area contributed by atoms with Crippen LogP contribution in [0.15, 0.2) is 30.9 Å². The summed E-state index contributed by atoms with van der Waals surface area (Å²) in [5, 5.41) is 4.51. The summed E-state index contributed by atoms with van der Waals surface area (Å²) in [6, 6.07) is 1.71. The van der Waals surface area contributed by atoms with E-state index in [1.54, 1.807) is 23.1 Å². The van der Waals surface area contributed by atoms with E-state index in [9.17, 15) is 0 Å². The number of aryl methyl sites for hydroxylation is 2. The highest BCUT2D eigenvalue weighted by Gasteiger charge is 2.11.